The van der Waals surface area contributed by atoms with Gasteiger partial charge in [-0.1, -0.05) is 39.8 Å². The van der Waals surface area contributed by atoms with Gasteiger partial charge in [0.1, 0.15) is 5.75 Å². The molecule has 30 heavy (non-hydrogen) atoms. The molecule has 1 aromatic rings. The van der Waals surface area contributed by atoms with E-state index in [0.717, 1.165) is 63.8 Å². The van der Waals surface area contributed by atoms with Gasteiger partial charge in [-0.25, -0.2) is 0 Å². The van der Waals surface area contributed by atoms with Crippen LogP contribution in [0.5, 0.6) is 5.75 Å². The Balaban J connectivity index is 1.80. The maximum absolute atomic E-state index is 12.2. The van der Waals surface area contributed by atoms with Crippen molar-refractivity contribution in [2.45, 2.75) is 59.9 Å². The number of carbonyl (C=O) groups is 1. The smallest absolute Gasteiger partial charge is 0.225 e. The fourth-order valence-corrected chi connectivity index (χ4v) is 3.43. The highest BCUT2D eigenvalue weighted by Crippen LogP contribution is 2.15. The van der Waals surface area contributed by atoms with Crippen molar-refractivity contribution in [3.05, 3.63) is 29.8 Å². The molecule has 0 aliphatic carbocycles. The monoisotopic (exact) mass is 416 g/mol. The largest absolute Gasteiger partial charge is 0.493 e. The minimum absolute atomic E-state index is 0.0734. The molecule has 1 saturated heterocycles. The van der Waals surface area contributed by atoms with Gasteiger partial charge in [0.05, 0.1) is 6.61 Å². The third kappa shape index (κ3) is 8.25. The van der Waals surface area contributed by atoms with Crippen LogP contribution in [-0.2, 0) is 11.2 Å². The number of benzene rings is 1. The maximum atomic E-state index is 12.2. The molecule has 0 aromatic heterocycles. The summed E-state index contributed by atoms with van der Waals surface area (Å²) in [6.45, 7) is 14.3. The van der Waals surface area contributed by atoms with Gasteiger partial charge >= 0.3 is 0 Å². The summed E-state index contributed by atoms with van der Waals surface area (Å²) < 4.78 is 5.74. The molecule has 6 heteroatoms. The minimum atomic E-state index is 0.0734. The van der Waals surface area contributed by atoms with Crippen molar-refractivity contribution in [1.82, 2.24) is 15.5 Å². The first-order chi connectivity index (χ1) is 14.4. The number of likely N-dealkylation sites (tertiary alicyclic amines) is 1. The standard InChI is InChI=1S/C24H40N4O2/c1-6-25-24(27-21-12-15-28(16-13-21)23(29)19(4)5)26-14-11-20-7-9-22(10-8-20)30-17-18(2)3/h7-10,18-19,21H,6,11-17H2,1-5H3,(H2,25,26,27). The van der Waals surface area contributed by atoms with Crippen molar-refractivity contribution in [2.75, 3.05) is 32.8 Å². The Hall–Kier alpha value is -2.24. The van der Waals surface area contributed by atoms with Crippen LogP contribution >= 0.6 is 0 Å². The number of ether oxygens (including phenoxy) is 1. The summed E-state index contributed by atoms with van der Waals surface area (Å²) in [5.41, 5.74) is 1.26. The van der Waals surface area contributed by atoms with E-state index in [4.69, 9.17) is 9.73 Å². The van der Waals surface area contributed by atoms with Gasteiger partial charge in [-0.3, -0.25) is 9.79 Å². The van der Waals surface area contributed by atoms with Crippen LogP contribution in [0, 0.1) is 11.8 Å². The number of guanidine groups is 1. The average Bonchev–Trinajstić information content (AvgIpc) is 2.73. The fraction of sp³-hybridized carbons (Fsp3) is 0.667. The third-order valence-electron chi connectivity index (χ3n) is 5.16. The quantitative estimate of drug-likeness (QED) is 0.478. The molecule has 0 bridgehead atoms. The van der Waals surface area contributed by atoms with Crippen molar-refractivity contribution in [1.29, 1.82) is 0 Å². The Bertz CT molecular complexity index is 662. The number of rotatable bonds is 9. The Labute approximate surface area is 182 Å². The number of carbonyl (C=O) groups excluding carboxylic acids is 1. The number of piperidine rings is 1. The van der Waals surface area contributed by atoms with Gasteiger partial charge in [-0.05, 0) is 49.8 Å². The summed E-state index contributed by atoms with van der Waals surface area (Å²) in [7, 11) is 0. The van der Waals surface area contributed by atoms with Crippen molar-refractivity contribution < 1.29 is 9.53 Å². The molecular weight excluding hydrogens is 376 g/mol. The number of nitrogens with one attached hydrogen (secondary N) is 2. The first-order valence-electron chi connectivity index (χ1n) is 11.4. The van der Waals surface area contributed by atoms with Gasteiger partial charge in [-0.2, -0.15) is 0 Å². The fourth-order valence-electron chi connectivity index (χ4n) is 3.43. The molecule has 0 spiro atoms. The molecule has 1 fully saturated rings. The van der Waals surface area contributed by atoms with Gasteiger partial charge in [0.2, 0.25) is 5.91 Å². The molecule has 1 amide bonds. The van der Waals surface area contributed by atoms with E-state index in [1.54, 1.807) is 0 Å². The second kappa shape index (κ2) is 12.5. The zero-order valence-corrected chi connectivity index (χ0v) is 19.4. The van der Waals surface area contributed by atoms with Gasteiger partial charge in [0.25, 0.3) is 0 Å². The van der Waals surface area contributed by atoms with Crippen molar-refractivity contribution >= 4 is 11.9 Å². The highest BCUT2D eigenvalue weighted by molar-refractivity contribution is 5.80. The summed E-state index contributed by atoms with van der Waals surface area (Å²) in [5.74, 6) is 2.65. The molecule has 1 aromatic carbocycles. The van der Waals surface area contributed by atoms with E-state index in [-0.39, 0.29) is 11.8 Å². The van der Waals surface area contributed by atoms with Crippen LogP contribution in [0.2, 0.25) is 0 Å². The van der Waals surface area contributed by atoms with Crippen LogP contribution in [0.4, 0.5) is 0 Å². The third-order valence-corrected chi connectivity index (χ3v) is 5.16. The first kappa shape index (κ1) is 24.0. The lowest BCUT2D eigenvalue weighted by Gasteiger charge is -2.34. The van der Waals surface area contributed by atoms with E-state index in [1.165, 1.54) is 5.56 Å². The van der Waals surface area contributed by atoms with Gasteiger partial charge in [-0.15, -0.1) is 0 Å². The highest BCUT2D eigenvalue weighted by Gasteiger charge is 2.24. The van der Waals surface area contributed by atoms with Gasteiger partial charge in [0.15, 0.2) is 5.96 Å². The van der Waals surface area contributed by atoms with E-state index in [9.17, 15) is 4.79 Å². The van der Waals surface area contributed by atoms with Crippen molar-refractivity contribution in [3.8, 4) is 5.75 Å². The second-order valence-corrected chi connectivity index (χ2v) is 8.76. The number of aliphatic imine (C=N–C) groups is 1. The van der Waals surface area contributed by atoms with Crippen LogP contribution < -0.4 is 15.4 Å². The molecule has 2 rings (SSSR count). The van der Waals surface area contributed by atoms with Crippen LogP contribution in [-0.4, -0.2) is 55.6 Å². The SMILES string of the molecule is CCNC(=NCCc1ccc(OCC(C)C)cc1)NC1CCN(C(=O)C(C)C)CC1. The average molecular weight is 417 g/mol. The Morgan fingerprint density at radius 1 is 1.17 bits per heavy atom. The van der Waals surface area contributed by atoms with E-state index < -0.39 is 0 Å². The molecule has 1 aliphatic heterocycles. The molecule has 6 nitrogen and oxygen atoms in total. The molecule has 0 saturated carbocycles. The van der Waals surface area contributed by atoms with Gasteiger partial charge < -0.3 is 20.3 Å². The Morgan fingerprint density at radius 3 is 2.40 bits per heavy atom. The molecule has 1 aliphatic rings. The summed E-state index contributed by atoms with van der Waals surface area (Å²) in [6, 6.07) is 8.67. The molecule has 0 radical (unpaired) electrons. The van der Waals surface area contributed by atoms with Crippen LogP contribution in [0.25, 0.3) is 0 Å². The molecule has 0 unspecified atom stereocenters. The zero-order chi connectivity index (χ0) is 21.9. The van der Waals surface area contributed by atoms with Gasteiger partial charge in [0, 0.05) is 38.1 Å². The van der Waals surface area contributed by atoms with Crippen LogP contribution in [0.1, 0.15) is 53.0 Å². The summed E-state index contributed by atoms with van der Waals surface area (Å²) in [5, 5.41) is 6.89. The van der Waals surface area contributed by atoms with E-state index in [1.807, 2.05) is 30.9 Å². The maximum Gasteiger partial charge on any atom is 0.225 e. The zero-order valence-electron chi connectivity index (χ0n) is 19.4. The number of hydrogen-bond donors (Lipinski definition) is 2. The van der Waals surface area contributed by atoms with E-state index in [2.05, 4.69) is 43.5 Å². The predicted octanol–water partition coefficient (Wildman–Crippen LogP) is 3.47. The molecule has 2 N–H and O–H groups in total. The number of hydrogen-bond acceptors (Lipinski definition) is 3. The van der Waals surface area contributed by atoms with Crippen molar-refractivity contribution in [2.24, 2.45) is 16.8 Å². The highest BCUT2D eigenvalue weighted by atomic mass is 16.5. The second-order valence-electron chi connectivity index (χ2n) is 8.76. The Kier molecular flexibility index (Phi) is 9.98. The van der Waals surface area contributed by atoms with E-state index in [0.29, 0.717) is 12.0 Å². The molecule has 0 atom stereocenters. The first-order valence-corrected chi connectivity index (χ1v) is 11.4. The number of nitrogens with zero attached hydrogens (tertiary/aromatic N) is 2. The number of amides is 1. The predicted molar refractivity (Wildman–Crippen MR) is 124 cm³/mol. The lowest BCUT2D eigenvalue weighted by Crippen LogP contribution is -2.50. The minimum Gasteiger partial charge on any atom is -0.493 e. The Morgan fingerprint density at radius 2 is 1.83 bits per heavy atom. The lowest BCUT2D eigenvalue weighted by molar-refractivity contribution is -0.135. The summed E-state index contributed by atoms with van der Waals surface area (Å²) in [4.78, 5) is 18.9. The van der Waals surface area contributed by atoms with Crippen LogP contribution in [0.3, 0.4) is 0 Å². The van der Waals surface area contributed by atoms with Crippen molar-refractivity contribution in [3.63, 3.8) is 0 Å². The molecule has 168 valence electrons. The summed E-state index contributed by atoms with van der Waals surface area (Å²) in [6.07, 6.45) is 2.81. The summed E-state index contributed by atoms with van der Waals surface area (Å²) >= 11 is 0. The molecule has 1 heterocycles. The lowest BCUT2D eigenvalue weighted by atomic mass is 10.0. The normalized spacial score (nSPS) is 15.6. The molecular formula is C24H40N4O2. The topological polar surface area (TPSA) is 66.0 Å². The van der Waals surface area contributed by atoms with E-state index >= 15 is 0 Å². The van der Waals surface area contributed by atoms with Crippen LogP contribution in [0.15, 0.2) is 29.3 Å².